The minimum absolute atomic E-state index is 0. The molecule has 0 aliphatic carbocycles. The number of pyridine rings is 2. The Hall–Kier alpha value is -5.35. The Morgan fingerprint density at radius 1 is 0.588 bits per heavy atom. The third-order valence-corrected chi connectivity index (χ3v) is 9.53. The molecule has 1 radical (unpaired) electrons. The Morgan fingerprint density at radius 3 is 2.06 bits per heavy atom. The van der Waals surface area contributed by atoms with Gasteiger partial charge in [-0.3, -0.25) is 0 Å². The van der Waals surface area contributed by atoms with Crippen molar-refractivity contribution < 1.29 is 28.9 Å². The van der Waals surface area contributed by atoms with E-state index in [1.165, 1.54) is 16.7 Å². The minimum Gasteiger partial charge on any atom is -0.501 e. The van der Waals surface area contributed by atoms with Crippen LogP contribution in [0.15, 0.2) is 143 Å². The van der Waals surface area contributed by atoms with Gasteiger partial charge in [0.25, 0.3) is 0 Å². The normalized spacial score (nSPS) is 11.9. The average molecular weight is 841 g/mol. The molecule has 1 unspecified atom stereocenters. The topological polar surface area (TPSA) is 52.1 Å². The number of hydrogen-bond acceptors (Lipinski definition) is 4. The number of rotatable bonds is 5. The molecule has 0 N–H and O–H groups in total. The van der Waals surface area contributed by atoms with Crippen molar-refractivity contribution in [2.75, 3.05) is 0 Å². The predicted octanol–water partition coefficient (Wildman–Crippen LogP) is 12.5. The van der Waals surface area contributed by atoms with Gasteiger partial charge in [0.2, 0.25) is 0 Å². The van der Waals surface area contributed by atoms with Crippen LogP contribution in [0, 0.1) is 19.1 Å². The molecule has 0 fully saturated rings. The maximum Gasteiger partial charge on any atom is 0.120 e. The summed E-state index contributed by atoms with van der Waals surface area (Å²) in [5.74, 6) is 0.788. The van der Waals surface area contributed by atoms with Crippen LogP contribution in [0.25, 0.3) is 66.4 Å². The summed E-state index contributed by atoms with van der Waals surface area (Å²) < 4.78 is 12.0. The van der Waals surface area contributed by atoms with Gasteiger partial charge >= 0.3 is 0 Å². The van der Waals surface area contributed by atoms with E-state index in [9.17, 15) is 0 Å². The smallest absolute Gasteiger partial charge is 0.120 e. The second-order valence-electron chi connectivity index (χ2n) is 13.1. The maximum absolute atomic E-state index is 6.19. The SMILES string of the molecule is CC(C)c1ccnc(-c2[c-]cc3oc4ccccc4c3c2)c1.Cc1c[c-]c(-c2ccc(C(C)c3ccccc3)cn2)c2oc3ccccc3c12.[Ir]. The second kappa shape index (κ2) is 14.5. The average Bonchev–Trinajstić information content (AvgIpc) is 3.75. The molecule has 0 saturated heterocycles. The zero-order chi connectivity index (χ0) is 34.2. The molecular formula is C46H36IrN2O2-2. The molecule has 4 heterocycles. The summed E-state index contributed by atoms with van der Waals surface area (Å²) in [5.41, 5.74) is 12.2. The zero-order valence-corrected chi connectivity index (χ0v) is 31.3. The van der Waals surface area contributed by atoms with Gasteiger partial charge in [0.15, 0.2) is 0 Å². The first-order valence-corrected chi connectivity index (χ1v) is 17.1. The molecule has 9 aromatic rings. The van der Waals surface area contributed by atoms with E-state index in [1.54, 1.807) is 0 Å². The largest absolute Gasteiger partial charge is 0.501 e. The molecule has 0 bridgehead atoms. The van der Waals surface area contributed by atoms with E-state index in [0.717, 1.165) is 72.0 Å². The van der Waals surface area contributed by atoms with Crippen LogP contribution in [0.1, 0.15) is 54.9 Å². The van der Waals surface area contributed by atoms with Gasteiger partial charge in [0.05, 0.1) is 11.2 Å². The van der Waals surface area contributed by atoms with Crippen LogP contribution in [0.3, 0.4) is 0 Å². The third-order valence-electron chi connectivity index (χ3n) is 9.53. The summed E-state index contributed by atoms with van der Waals surface area (Å²) in [7, 11) is 0. The van der Waals surface area contributed by atoms with Crippen LogP contribution < -0.4 is 0 Å². The number of fused-ring (bicyclic) bond motifs is 6. The summed E-state index contributed by atoms with van der Waals surface area (Å²) in [6.45, 7) is 8.69. The van der Waals surface area contributed by atoms with Crippen molar-refractivity contribution >= 4 is 43.9 Å². The maximum atomic E-state index is 6.19. The van der Waals surface area contributed by atoms with E-state index < -0.39 is 0 Å². The van der Waals surface area contributed by atoms with E-state index in [2.05, 4.69) is 112 Å². The molecule has 4 aromatic heterocycles. The Kier molecular flexibility index (Phi) is 9.69. The van der Waals surface area contributed by atoms with Crippen LogP contribution in [-0.4, -0.2) is 9.97 Å². The quantitative estimate of drug-likeness (QED) is 0.162. The first-order chi connectivity index (χ1) is 24.4. The van der Waals surface area contributed by atoms with Crippen molar-refractivity contribution in [2.45, 2.75) is 39.5 Å². The monoisotopic (exact) mass is 841 g/mol. The van der Waals surface area contributed by atoms with E-state index >= 15 is 0 Å². The van der Waals surface area contributed by atoms with E-state index in [4.69, 9.17) is 13.8 Å². The first kappa shape index (κ1) is 34.1. The van der Waals surface area contributed by atoms with Crippen molar-refractivity contribution in [3.63, 3.8) is 0 Å². The Morgan fingerprint density at radius 2 is 1.31 bits per heavy atom. The third kappa shape index (κ3) is 6.63. The standard InChI is InChI=1S/C26H20NO.C20H16NO.Ir/c1-17-12-14-21(26-25(17)22-10-6-7-11-24(22)28-26)23-15-13-20(16-27-23)18(2)19-8-4-3-5-9-19;1-13(2)14-9-10-21-18(12-14)15-7-8-20-17(11-15)16-5-3-4-6-19(16)22-20;/h3-13,15-16,18H,1-2H3;3-6,8-13H,1-2H3;/q2*-1;. The molecule has 51 heavy (non-hydrogen) atoms. The number of benzene rings is 5. The number of hydrogen-bond donors (Lipinski definition) is 0. The molecule has 5 aromatic carbocycles. The number of aryl methyl sites for hydroxylation is 1. The van der Waals surface area contributed by atoms with Gasteiger partial charge in [-0.05, 0) is 46.6 Å². The Labute approximate surface area is 311 Å². The van der Waals surface area contributed by atoms with Gasteiger partial charge in [0, 0.05) is 49.2 Å². The molecule has 4 nitrogen and oxygen atoms in total. The van der Waals surface area contributed by atoms with Crippen molar-refractivity contribution in [3.8, 4) is 22.5 Å². The summed E-state index contributed by atoms with van der Waals surface area (Å²) >= 11 is 0. The van der Waals surface area contributed by atoms with Gasteiger partial charge in [-0.1, -0.05) is 135 Å². The molecule has 1 atom stereocenters. The summed E-state index contributed by atoms with van der Waals surface area (Å²) in [5, 5.41) is 4.53. The van der Waals surface area contributed by atoms with Crippen LogP contribution in [0.5, 0.6) is 0 Å². The first-order valence-electron chi connectivity index (χ1n) is 17.1. The molecule has 0 amide bonds. The van der Waals surface area contributed by atoms with E-state index in [1.807, 2.05) is 67.0 Å². The number of aromatic nitrogens is 2. The van der Waals surface area contributed by atoms with E-state index in [0.29, 0.717) is 11.8 Å². The second-order valence-corrected chi connectivity index (χ2v) is 13.1. The Bertz CT molecular complexity index is 2600. The number of nitrogens with zero attached hydrogens (tertiary/aromatic N) is 2. The minimum atomic E-state index is 0. The fraction of sp³-hybridized carbons (Fsp3) is 0.130. The zero-order valence-electron chi connectivity index (χ0n) is 28.9. The Balaban J connectivity index is 0.000000161. The molecule has 0 saturated carbocycles. The fourth-order valence-electron chi connectivity index (χ4n) is 6.64. The molecule has 253 valence electrons. The van der Waals surface area contributed by atoms with Crippen LogP contribution in [0.2, 0.25) is 0 Å². The number of furan rings is 2. The molecule has 9 rings (SSSR count). The van der Waals surface area contributed by atoms with E-state index in [-0.39, 0.29) is 20.1 Å². The van der Waals surface area contributed by atoms with Crippen molar-refractivity contribution in [1.82, 2.24) is 9.97 Å². The molecule has 5 heteroatoms. The van der Waals surface area contributed by atoms with Gasteiger partial charge in [-0.25, -0.2) is 0 Å². The summed E-state index contributed by atoms with van der Waals surface area (Å²) in [4.78, 5) is 9.26. The predicted molar refractivity (Wildman–Crippen MR) is 204 cm³/mol. The van der Waals surface area contributed by atoms with Crippen molar-refractivity contribution in [3.05, 3.63) is 168 Å². The fourth-order valence-corrected chi connectivity index (χ4v) is 6.64. The molecule has 0 spiro atoms. The van der Waals surface area contributed by atoms with Crippen LogP contribution in [0.4, 0.5) is 0 Å². The van der Waals surface area contributed by atoms with Crippen molar-refractivity contribution in [1.29, 1.82) is 0 Å². The van der Waals surface area contributed by atoms with Crippen LogP contribution in [-0.2, 0) is 20.1 Å². The molecular weight excluding hydrogens is 805 g/mol. The van der Waals surface area contributed by atoms with Gasteiger partial charge in [-0.15, -0.1) is 41.5 Å². The molecule has 0 aliphatic heterocycles. The van der Waals surface area contributed by atoms with Gasteiger partial charge in [-0.2, -0.15) is 0 Å². The number of para-hydroxylation sites is 2. The summed E-state index contributed by atoms with van der Waals surface area (Å²) in [6.07, 6.45) is 3.84. The van der Waals surface area contributed by atoms with Crippen molar-refractivity contribution in [2.24, 2.45) is 0 Å². The van der Waals surface area contributed by atoms with Gasteiger partial charge < -0.3 is 18.8 Å². The summed E-state index contributed by atoms with van der Waals surface area (Å²) in [6, 6.07) is 48.0. The molecule has 0 aliphatic rings. The van der Waals surface area contributed by atoms with Crippen LogP contribution >= 0.6 is 0 Å². The van der Waals surface area contributed by atoms with Gasteiger partial charge in [0.1, 0.15) is 11.2 Å².